The molecule has 1 aliphatic rings. The van der Waals surface area contributed by atoms with E-state index in [1.165, 1.54) is 19.3 Å². The molecule has 2 heterocycles. The van der Waals surface area contributed by atoms with Crippen molar-refractivity contribution < 1.29 is 4.74 Å². The molecule has 2 aromatic heterocycles. The number of aromatic nitrogens is 4. The fourth-order valence-corrected chi connectivity index (χ4v) is 4.33. The predicted octanol–water partition coefficient (Wildman–Crippen LogP) is 3.58. The standard InChI is InChI=1S/C23H32N6O2/c1-15-20-21(29(27-15)17-8-6-5-7-9-17)23(30)26-22(25-20)18-11-10-16(14-19(18)31-4)24-12-13-28(2)3/h10-11,14,17,24H,5-9,12-13H2,1-4H3,(H,25,26,30). The second-order valence-corrected chi connectivity index (χ2v) is 8.58. The molecule has 8 nitrogen and oxygen atoms in total. The number of rotatable bonds is 7. The van der Waals surface area contributed by atoms with E-state index < -0.39 is 0 Å². The molecule has 0 spiro atoms. The molecule has 1 fully saturated rings. The van der Waals surface area contributed by atoms with E-state index in [1.54, 1.807) is 7.11 Å². The topological polar surface area (TPSA) is 88.1 Å². The number of fused-ring (bicyclic) bond motifs is 1. The molecule has 4 rings (SSSR count). The lowest BCUT2D eigenvalue weighted by Gasteiger charge is -2.22. The second-order valence-electron chi connectivity index (χ2n) is 8.58. The van der Waals surface area contributed by atoms with E-state index in [4.69, 9.17) is 14.8 Å². The largest absolute Gasteiger partial charge is 0.496 e. The summed E-state index contributed by atoms with van der Waals surface area (Å²) in [5, 5.41) is 8.09. The van der Waals surface area contributed by atoms with Crippen LogP contribution in [-0.2, 0) is 0 Å². The zero-order valence-corrected chi connectivity index (χ0v) is 18.9. The van der Waals surface area contributed by atoms with Gasteiger partial charge in [-0.25, -0.2) is 4.98 Å². The van der Waals surface area contributed by atoms with Gasteiger partial charge in [0.2, 0.25) is 0 Å². The lowest BCUT2D eigenvalue weighted by molar-refractivity contribution is 0.336. The van der Waals surface area contributed by atoms with E-state index in [-0.39, 0.29) is 11.6 Å². The van der Waals surface area contributed by atoms with Crippen molar-refractivity contribution >= 4 is 16.7 Å². The van der Waals surface area contributed by atoms with Crippen molar-refractivity contribution in [1.29, 1.82) is 0 Å². The molecule has 8 heteroatoms. The van der Waals surface area contributed by atoms with Crippen LogP contribution in [0.1, 0.15) is 43.8 Å². The SMILES string of the molecule is COc1cc(NCCN(C)C)ccc1-c1nc2c(C)nn(C3CCCCC3)c2c(=O)[nH]1. The van der Waals surface area contributed by atoms with Gasteiger partial charge in [-0.3, -0.25) is 9.48 Å². The number of aryl methyl sites for hydroxylation is 1. The van der Waals surface area contributed by atoms with Crippen LogP contribution < -0.4 is 15.6 Å². The maximum absolute atomic E-state index is 13.1. The van der Waals surface area contributed by atoms with Crippen molar-refractivity contribution in [3.05, 3.63) is 34.2 Å². The third-order valence-electron chi connectivity index (χ3n) is 5.99. The average Bonchev–Trinajstić information content (AvgIpc) is 3.11. The molecule has 1 aliphatic carbocycles. The molecular formula is C23H32N6O2. The number of methoxy groups -OCH3 is 1. The minimum Gasteiger partial charge on any atom is -0.496 e. The van der Waals surface area contributed by atoms with Crippen LogP contribution in [0.5, 0.6) is 5.75 Å². The Hall–Kier alpha value is -2.87. The van der Waals surface area contributed by atoms with Gasteiger partial charge in [0, 0.05) is 24.8 Å². The Morgan fingerprint density at radius 1 is 1.26 bits per heavy atom. The summed E-state index contributed by atoms with van der Waals surface area (Å²) in [6.45, 7) is 3.68. The third-order valence-corrected chi connectivity index (χ3v) is 5.99. The molecule has 0 saturated heterocycles. The Labute approximate surface area is 182 Å². The molecule has 3 aromatic rings. The third kappa shape index (κ3) is 4.44. The normalized spacial score (nSPS) is 15.0. The number of H-pyrrole nitrogens is 1. The highest BCUT2D eigenvalue weighted by atomic mass is 16.5. The number of hydrogen-bond donors (Lipinski definition) is 2. The van der Waals surface area contributed by atoms with Gasteiger partial charge in [0.25, 0.3) is 5.56 Å². The first-order valence-electron chi connectivity index (χ1n) is 11.0. The van der Waals surface area contributed by atoms with Gasteiger partial charge in [-0.05, 0) is 46.0 Å². The monoisotopic (exact) mass is 424 g/mol. The lowest BCUT2D eigenvalue weighted by atomic mass is 9.95. The highest BCUT2D eigenvalue weighted by Crippen LogP contribution is 2.33. The van der Waals surface area contributed by atoms with E-state index >= 15 is 0 Å². The number of likely N-dealkylation sites (N-methyl/N-ethyl adjacent to an activating group) is 1. The van der Waals surface area contributed by atoms with Crippen molar-refractivity contribution in [2.45, 2.75) is 45.1 Å². The molecule has 0 amide bonds. The summed E-state index contributed by atoms with van der Waals surface area (Å²) in [6, 6.07) is 6.13. The number of aromatic amines is 1. The van der Waals surface area contributed by atoms with Crippen LogP contribution in [0, 0.1) is 6.92 Å². The van der Waals surface area contributed by atoms with Crippen LogP contribution in [0.25, 0.3) is 22.4 Å². The highest BCUT2D eigenvalue weighted by Gasteiger charge is 2.23. The minimum absolute atomic E-state index is 0.151. The van der Waals surface area contributed by atoms with E-state index in [9.17, 15) is 4.79 Å². The quantitative estimate of drug-likeness (QED) is 0.603. The van der Waals surface area contributed by atoms with Crippen LogP contribution in [0.3, 0.4) is 0 Å². The van der Waals surface area contributed by atoms with Gasteiger partial charge >= 0.3 is 0 Å². The Kier molecular flexibility index (Phi) is 6.27. The molecule has 0 unspecified atom stereocenters. The van der Waals surface area contributed by atoms with Crippen LogP contribution in [0.4, 0.5) is 5.69 Å². The van der Waals surface area contributed by atoms with Crippen molar-refractivity contribution in [3.63, 3.8) is 0 Å². The first-order valence-corrected chi connectivity index (χ1v) is 11.0. The number of ether oxygens (including phenoxy) is 1. The Morgan fingerprint density at radius 3 is 2.74 bits per heavy atom. The molecule has 166 valence electrons. The number of benzene rings is 1. The van der Waals surface area contributed by atoms with Crippen LogP contribution >= 0.6 is 0 Å². The van der Waals surface area contributed by atoms with E-state index in [0.29, 0.717) is 22.6 Å². The van der Waals surface area contributed by atoms with Crippen molar-refractivity contribution in [2.75, 3.05) is 39.6 Å². The van der Waals surface area contributed by atoms with E-state index in [2.05, 4.69) is 15.2 Å². The van der Waals surface area contributed by atoms with E-state index in [0.717, 1.165) is 42.9 Å². The number of nitrogens with one attached hydrogen (secondary N) is 2. The van der Waals surface area contributed by atoms with Crippen LogP contribution in [0.2, 0.25) is 0 Å². The summed E-state index contributed by atoms with van der Waals surface area (Å²) in [5.74, 6) is 1.16. The smallest absolute Gasteiger partial charge is 0.277 e. The summed E-state index contributed by atoms with van der Waals surface area (Å²) in [6.07, 6.45) is 5.75. The molecule has 2 N–H and O–H groups in total. The Morgan fingerprint density at radius 2 is 2.03 bits per heavy atom. The summed E-state index contributed by atoms with van der Waals surface area (Å²) >= 11 is 0. The number of anilines is 1. The fourth-order valence-electron chi connectivity index (χ4n) is 4.33. The van der Waals surface area contributed by atoms with Gasteiger partial charge in [0.1, 0.15) is 17.1 Å². The van der Waals surface area contributed by atoms with Gasteiger partial charge in [0.15, 0.2) is 5.52 Å². The van der Waals surface area contributed by atoms with E-state index in [1.807, 2.05) is 43.9 Å². The highest BCUT2D eigenvalue weighted by molar-refractivity contribution is 5.80. The molecular weight excluding hydrogens is 392 g/mol. The van der Waals surface area contributed by atoms with Gasteiger partial charge in [0.05, 0.1) is 24.4 Å². The van der Waals surface area contributed by atoms with Crippen molar-refractivity contribution in [2.24, 2.45) is 0 Å². The molecule has 1 aromatic carbocycles. The molecule has 31 heavy (non-hydrogen) atoms. The minimum atomic E-state index is -0.151. The predicted molar refractivity (Wildman–Crippen MR) is 124 cm³/mol. The summed E-state index contributed by atoms with van der Waals surface area (Å²) in [5.41, 5.74) is 3.60. The molecule has 0 aliphatic heterocycles. The Balaban J connectivity index is 1.70. The van der Waals surface area contributed by atoms with Gasteiger partial charge in [-0.1, -0.05) is 19.3 Å². The van der Waals surface area contributed by atoms with Gasteiger partial charge in [-0.2, -0.15) is 5.10 Å². The molecule has 0 atom stereocenters. The van der Waals surface area contributed by atoms with Gasteiger partial charge < -0.3 is 19.9 Å². The van der Waals surface area contributed by atoms with Crippen molar-refractivity contribution in [3.8, 4) is 17.1 Å². The zero-order valence-electron chi connectivity index (χ0n) is 18.9. The summed E-state index contributed by atoms with van der Waals surface area (Å²) in [4.78, 5) is 23.0. The van der Waals surface area contributed by atoms with Crippen LogP contribution in [0.15, 0.2) is 23.0 Å². The summed E-state index contributed by atoms with van der Waals surface area (Å²) < 4.78 is 7.53. The first kappa shape index (κ1) is 21.4. The maximum Gasteiger partial charge on any atom is 0.277 e. The lowest BCUT2D eigenvalue weighted by Crippen LogP contribution is -2.20. The fraction of sp³-hybridized carbons (Fsp3) is 0.522. The second kappa shape index (κ2) is 9.09. The molecule has 0 radical (unpaired) electrons. The van der Waals surface area contributed by atoms with Crippen molar-refractivity contribution in [1.82, 2.24) is 24.6 Å². The molecule has 1 saturated carbocycles. The van der Waals surface area contributed by atoms with Gasteiger partial charge in [-0.15, -0.1) is 0 Å². The number of hydrogen-bond acceptors (Lipinski definition) is 6. The maximum atomic E-state index is 13.1. The first-order chi connectivity index (χ1) is 15.0. The Bertz CT molecular complexity index is 1110. The average molecular weight is 425 g/mol. The van der Waals surface area contributed by atoms with Crippen LogP contribution in [-0.4, -0.2) is 58.9 Å². The number of nitrogens with zero attached hydrogens (tertiary/aromatic N) is 4. The molecule has 0 bridgehead atoms. The zero-order chi connectivity index (χ0) is 22.0. The summed E-state index contributed by atoms with van der Waals surface area (Å²) in [7, 11) is 5.72.